The standard InChI is InChI=1S/C20H18F3N5O.CH4/c1-20(2,29)15-9-24-17-8-7-14(26-28(15)17)19-18(12-3-5-13(21)6-4-12)25-11-27(19)10-16(22)23;/h3-9,11,16,29H,10H2,1-2H3;1H4. The molecule has 158 valence electrons. The third kappa shape index (κ3) is 3.93. The Balaban J connectivity index is 0.00000256. The first-order valence-corrected chi connectivity index (χ1v) is 8.91. The molecule has 0 aliphatic carbocycles. The summed E-state index contributed by atoms with van der Waals surface area (Å²) in [5.74, 6) is -0.407. The SMILES string of the molecule is C.CC(C)(O)c1cnc2ccc(-c3c(-c4ccc(F)cc4)ncn3CC(F)F)nn12. The lowest BCUT2D eigenvalue weighted by Gasteiger charge is -2.16. The number of nitrogens with zero attached hydrogens (tertiary/aromatic N) is 5. The Morgan fingerprint density at radius 3 is 2.40 bits per heavy atom. The largest absolute Gasteiger partial charge is 0.384 e. The van der Waals surface area contributed by atoms with E-state index in [1.807, 2.05) is 0 Å². The summed E-state index contributed by atoms with van der Waals surface area (Å²) in [5, 5.41) is 14.9. The van der Waals surface area contributed by atoms with Crippen molar-refractivity contribution in [3.63, 3.8) is 0 Å². The number of fused-ring (bicyclic) bond motifs is 1. The summed E-state index contributed by atoms with van der Waals surface area (Å²) < 4.78 is 42.4. The average Bonchev–Trinajstić information content (AvgIpc) is 3.25. The summed E-state index contributed by atoms with van der Waals surface area (Å²) in [6.45, 7) is 2.65. The number of hydrogen-bond donors (Lipinski definition) is 1. The summed E-state index contributed by atoms with van der Waals surface area (Å²) in [6, 6.07) is 8.97. The van der Waals surface area contributed by atoms with E-state index in [9.17, 15) is 18.3 Å². The molecule has 4 aromatic rings. The molecule has 30 heavy (non-hydrogen) atoms. The molecule has 0 aliphatic heterocycles. The third-order valence-electron chi connectivity index (χ3n) is 4.52. The Labute approximate surface area is 171 Å². The van der Waals surface area contributed by atoms with E-state index >= 15 is 0 Å². The maximum Gasteiger partial charge on any atom is 0.256 e. The van der Waals surface area contributed by atoms with Crippen LogP contribution < -0.4 is 0 Å². The molecular weight excluding hydrogens is 395 g/mol. The van der Waals surface area contributed by atoms with Crippen LogP contribution in [0.3, 0.4) is 0 Å². The maximum atomic E-state index is 13.3. The van der Waals surface area contributed by atoms with Gasteiger partial charge in [0.25, 0.3) is 6.43 Å². The second-order valence-corrected chi connectivity index (χ2v) is 7.18. The van der Waals surface area contributed by atoms with E-state index in [1.165, 1.54) is 45.9 Å². The maximum absolute atomic E-state index is 13.3. The number of halogens is 3. The van der Waals surface area contributed by atoms with Crippen LogP contribution in [0.25, 0.3) is 28.3 Å². The molecule has 0 fully saturated rings. The molecule has 0 radical (unpaired) electrons. The van der Waals surface area contributed by atoms with Gasteiger partial charge in [0.1, 0.15) is 17.1 Å². The molecule has 0 spiro atoms. The van der Waals surface area contributed by atoms with Gasteiger partial charge in [-0.1, -0.05) is 7.43 Å². The van der Waals surface area contributed by atoms with Gasteiger partial charge in [0.05, 0.1) is 36.2 Å². The quantitative estimate of drug-likeness (QED) is 0.518. The number of aliphatic hydroxyl groups is 1. The summed E-state index contributed by atoms with van der Waals surface area (Å²) in [5.41, 5.74) is 1.49. The Bertz CT molecular complexity index is 1160. The zero-order valence-electron chi connectivity index (χ0n) is 15.7. The van der Waals surface area contributed by atoms with Crippen molar-refractivity contribution in [1.29, 1.82) is 0 Å². The lowest BCUT2D eigenvalue weighted by atomic mass is 10.1. The first kappa shape index (κ1) is 21.5. The van der Waals surface area contributed by atoms with Crippen LogP contribution in [0.2, 0.25) is 0 Å². The summed E-state index contributed by atoms with van der Waals surface area (Å²) in [6.07, 6.45) is 0.244. The van der Waals surface area contributed by atoms with Gasteiger partial charge in [-0.2, -0.15) is 5.10 Å². The molecule has 1 N–H and O–H groups in total. The van der Waals surface area contributed by atoms with Gasteiger partial charge in [-0.3, -0.25) is 0 Å². The lowest BCUT2D eigenvalue weighted by molar-refractivity contribution is 0.0718. The number of hydrogen-bond acceptors (Lipinski definition) is 4. The molecular formula is C21H22F3N5O. The minimum atomic E-state index is -2.59. The smallest absolute Gasteiger partial charge is 0.256 e. The predicted octanol–water partition coefficient (Wildman–Crippen LogP) is 4.53. The average molecular weight is 417 g/mol. The van der Waals surface area contributed by atoms with Crippen molar-refractivity contribution in [3.05, 3.63) is 60.4 Å². The van der Waals surface area contributed by atoms with E-state index in [1.54, 1.807) is 26.0 Å². The highest BCUT2D eigenvalue weighted by molar-refractivity contribution is 5.77. The van der Waals surface area contributed by atoms with Crippen LogP contribution in [0.5, 0.6) is 0 Å². The van der Waals surface area contributed by atoms with Crippen LogP contribution in [0, 0.1) is 5.82 Å². The zero-order valence-corrected chi connectivity index (χ0v) is 15.7. The minimum absolute atomic E-state index is 0. The van der Waals surface area contributed by atoms with Crippen molar-refractivity contribution >= 4 is 5.65 Å². The molecule has 3 aromatic heterocycles. The highest BCUT2D eigenvalue weighted by Crippen LogP contribution is 2.31. The normalized spacial score (nSPS) is 11.8. The van der Waals surface area contributed by atoms with Crippen LogP contribution in [-0.4, -0.2) is 35.7 Å². The van der Waals surface area contributed by atoms with E-state index in [0.29, 0.717) is 34.0 Å². The second-order valence-electron chi connectivity index (χ2n) is 7.18. The van der Waals surface area contributed by atoms with Gasteiger partial charge in [0.2, 0.25) is 0 Å². The fraction of sp³-hybridized carbons (Fsp3) is 0.286. The molecule has 1 aromatic carbocycles. The summed E-state index contributed by atoms with van der Waals surface area (Å²) >= 11 is 0. The molecule has 0 saturated carbocycles. The lowest BCUT2D eigenvalue weighted by Crippen LogP contribution is -2.19. The number of aromatic nitrogens is 5. The molecule has 9 heteroatoms. The fourth-order valence-electron chi connectivity index (χ4n) is 3.17. The van der Waals surface area contributed by atoms with E-state index in [0.717, 1.165) is 0 Å². The Morgan fingerprint density at radius 1 is 1.07 bits per heavy atom. The Morgan fingerprint density at radius 2 is 1.77 bits per heavy atom. The van der Waals surface area contributed by atoms with Crippen LogP contribution in [0.4, 0.5) is 13.2 Å². The molecule has 0 bridgehead atoms. The molecule has 0 unspecified atom stereocenters. The second kappa shape index (κ2) is 7.91. The molecule has 0 aliphatic rings. The van der Waals surface area contributed by atoms with Crippen molar-refractivity contribution in [1.82, 2.24) is 24.1 Å². The van der Waals surface area contributed by atoms with Crippen molar-refractivity contribution in [2.24, 2.45) is 0 Å². The van der Waals surface area contributed by atoms with Crippen LogP contribution in [-0.2, 0) is 12.1 Å². The van der Waals surface area contributed by atoms with Crippen LogP contribution in [0.15, 0.2) is 48.9 Å². The molecule has 0 atom stereocenters. The van der Waals surface area contributed by atoms with E-state index in [-0.39, 0.29) is 7.43 Å². The highest BCUT2D eigenvalue weighted by atomic mass is 19.3. The highest BCUT2D eigenvalue weighted by Gasteiger charge is 2.24. The third-order valence-corrected chi connectivity index (χ3v) is 4.52. The summed E-state index contributed by atoms with van der Waals surface area (Å²) in [4.78, 5) is 8.50. The molecule has 4 rings (SSSR count). The van der Waals surface area contributed by atoms with Gasteiger partial charge in [0, 0.05) is 5.56 Å². The van der Waals surface area contributed by atoms with Gasteiger partial charge in [-0.25, -0.2) is 27.7 Å². The Kier molecular flexibility index (Phi) is 5.67. The van der Waals surface area contributed by atoms with Gasteiger partial charge in [-0.15, -0.1) is 0 Å². The predicted molar refractivity (Wildman–Crippen MR) is 108 cm³/mol. The topological polar surface area (TPSA) is 68.2 Å². The number of rotatable bonds is 5. The Hall–Kier alpha value is -3.20. The fourth-order valence-corrected chi connectivity index (χ4v) is 3.17. The summed E-state index contributed by atoms with van der Waals surface area (Å²) in [7, 11) is 0. The minimum Gasteiger partial charge on any atom is -0.384 e. The van der Waals surface area contributed by atoms with Crippen molar-refractivity contribution < 1.29 is 18.3 Å². The van der Waals surface area contributed by atoms with E-state index in [2.05, 4.69) is 15.1 Å². The molecule has 6 nitrogen and oxygen atoms in total. The van der Waals surface area contributed by atoms with Gasteiger partial charge < -0.3 is 9.67 Å². The molecule has 0 amide bonds. The number of imidazole rings is 2. The van der Waals surface area contributed by atoms with Crippen LogP contribution in [0.1, 0.15) is 27.0 Å². The number of benzene rings is 1. The number of alkyl halides is 2. The first-order valence-electron chi connectivity index (χ1n) is 8.91. The van der Waals surface area contributed by atoms with Crippen molar-refractivity contribution in [3.8, 4) is 22.6 Å². The van der Waals surface area contributed by atoms with E-state index in [4.69, 9.17) is 0 Å². The molecule has 0 saturated heterocycles. The van der Waals surface area contributed by atoms with Crippen molar-refractivity contribution in [2.75, 3.05) is 0 Å². The monoisotopic (exact) mass is 417 g/mol. The van der Waals surface area contributed by atoms with Crippen LogP contribution >= 0.6 is 0 Å². The van der Waals surface area contributed by atoms with Gasteiger partial charge in [0.15, 0.2) is 5.65 Å². The molecule has 3 heterocycles. The first-order chi connectivity index (χ1) is 13.7. The van der Waals surface area contributed by atoms with Gasteiger partial charge in [-0.05, 0) is 50.2 Å². The zero-order chi connectivity index (χ0) is 20.8. The van der Waals surface area contributed by atoms with E-state index < -0.39 is 24.4 Å². The van der Waals surface area contributed by atoms with Crippen molar-refractivity contribution in [2.45, 2.75) is 39.8 Å². The van der Waals surface area contributed by atoms with Gasteiger partial charge >= 0.3 is 0 Å².